The number of pyridine rings is 1. The van der Waals surface area contributed by atoms with Crippen LogP contribution >= 0.6 is 0 Å². The molecule has 19 heavy (non-hydrogen) atoms. The summed E-state index contributed by atoms with van der Waals surface area (Å²) in [5.41, 5.74) is 5.76. The molecule has 0 amide bonds. The smallest absolute Gasteiger partial charge is 0.387 e. The first-order chi connectivity index (χ1) is 9.19. The van der Waals surface area contributed by atoms with Crippen molar-refractivity contribution in [3.05, 3.63) is 18.3 Å². The topological polar surface area (TPSA) is 60.2 Å². The average molecular weight is 271 g/mol. The number of nitrogens with two attached hydrogens (primary N) is 1. The summed E-state index contributed by atoms with van der Waals surface area (Å²) in [5, 5.41) is 3.33. The van der Waals surface area contributed by atoms with E-state index in [0.717, 1.165) is 12.8 Å². The molecule has 0 radical (unpaired) electrons. The second-order valence-electron chi connectivity index (χ2n) is 4.79. The van der Waals surface area contributed by atoms with Crippen molar-refractivity contribution in [3.8, 4) is 5.75 Å². The molecule has 0 bridgehead atoms. The Labute approximate surface area is 111 Å². The largest absolute Gasteiger partial charge is 0.433 e. The van der Waals surface area contributed by atoms with E-state index in [-0.39, 0.29) is 5.75 Å². The van der Waals surface area contributed by atoms with Crippen LogP contribution in [0.2, 0.25) is 0 Å². The van der Waals surface area contributed by atoms with E-state index in [9.17, 15) is 8.78 Å². The molecule has 4 nitrogen and oxygen atoms in total. The van der Waals surface area contributed by atoms with Crippen molar-refractivity contribution in [2.75, 3.05) is 11.9 Å². The van der Waals surface area contributed by atoms with Crippen LogP contribution in [-0.2, 0) is 0 Å². The number of nitrogens with zero attached hydrogens (tertiary/aromatic N) is 1. The summed E-state index contributed by atoms with van der Waals surface area (Å²) in [4.78, 5) is 4.08. The number of rotatable bonds is 5. The lowest BCUT2D eigenvalue weighted by Crippen LogP contribution is -2.36. The van der Waals surface area contributed by atoms with E-state index in [2.05, 4.69) is 15.0 Å². The van der Waals surface area contributed by atoms with Crippen molar-refractivity contribution in [1.82, 2.24) is 4.98 Å². The Hall–Kier alpha value is -1.43. The second-order valence-corrected chi connectivity index (χ2v) is 4.79. The van der Waals surface area contributed by atoms with Gasteiger partial charge in [0.25, 0.3) is 0 Å². The van der Waals surface area contributed by atoms with Gasteiger partial charge in [0.15, 0.2) is 0 Å². The van der Waals surface area contributed by atoms with Crippen LogP contribution in [0.3, 0.4) is 0 Å². The molecular weight excluding hydrogens is 252 g/mol. The van der Waals surface area contributed by atoms with Crippen LogP contribution in [0.25, 0.3) is 0 Å². The van der Waals surface area contributed by atoms with Gasteiger partial charge in [0.05, 0.1) is 6.20 Å². The molecule has 3 N–H and O–H groups in total. The Bertz CT molecular complexity index is 386. The zero-order valence-electron chi connectivity index (χ0n) is 10.7. The number of halogens is 2. The fourth-order valence-electron chi connectivity index (χ4n) is 2.51. The lowest BCUT2D eigenvalue weighted by atomic mass is 9.84. The molecule has 0 saturated heterocycles. The van der Waals surface area contributed by atoms with Crippen LogP contribution in [0.1, 0.15) is 25.7 Å². The quantitative estimate of drug-likeness (QED) is 0.864. The maximum absolute atomic E-state index is 12.0. The SMILES string of the molecule is NCC1CCCCC1Nc1ccc(OC(F)F)cn1. The van der Waals surface area contributed by atoms with E-state index >= 15 is 0 Å². The zero-order valence-corrected chi connectivity index (χ0v) is 10.7. The van der Waals surface area contributed by atoms with Crippen molar-refractivity contribution in [3.63, 3.8) is 0 Å². The Morgan fingerprint density at radius 2 is 2.16 bits per heavy atom. The van der Waals surface area contributed by atoms with E-state index in [1.54, 1.807) is 6.07 Å². The van der Waals surface area contributed by atoms with Crippen LogP contribution in [0, 0.1) is 5.92 Å². The highest BCUT2D eigenvalue weighted by atomic mass is 19.3. The summed E-state index contributed by atoms with van der Waals surface area (Å²) >= 11 is 0. The third-order valence-electron chi connectivity index (χ3n) is 3.51. The number of aromatic nitrogens is 1. The average Bonchev–Trinajstić information content (AvgIpc) is 2.41. The molecule has 0 spiro atoms. The molecule has 1 aromatic rings. The minimum Gasteiger partial charge on any atom is -0.433 e. The summed E-state index contributed by atoms with van der Waals surface area (Å²) in [6, 6.07) is 3.45. The summed E-state index contributed by atoms with van der Waals surface area (Å²) in [6.45, 7) is -2.16. The molecule has 1 heterocycles. The molecule has 2 unspecified atom stereocenters. The molecule has 1 aromatic heterocycles. The Morgan fingerprint density at radius 1 is 1.37 bits per heavy atom. The first-order valence-electron chi connectivity index (χ1n) is 6.56. The van der Waals surface area contributed by atoms with E-state index in [4.69, 9.17) is 5.73 Å². The summed E-state index contributed by atoms with van der Waals surface area (Å²) in [7, 11) is 0. The van der Waals surface area contributed by atoms with Crippen molar-refractivity contribution in [2.45, 2.75) is 38.3 Å². The minimum absolute atomic E-state index is 0.0690. The molecule has 6 heteroatoms. The first-order valence-corrected chi connectivity index (χ1v) is 6.56. The van der Waals surface area contributed by atoms with Crippen LogP contribution in [0.15, 0.2) is 18.3 Å². The molecular formula is C13H19F2N3O. The zero-order chi connectivity index (χ0) is 13.7. The van der Waals surface area contributed by atoms with Crippen molar-refractivity contribution < 1.29 is 13.5 Å². The van der Waals surface area contributed by atoms with E-state index < -0.39 is 6.61 Å². The van der Waals surface area contributed by atoms with E-state index in [0.29, 0.717) is 24.3 Å². The van der Waals surface area contributed by atoms with Crippen molar-refractivity contribution in [1.29, 1.82) is 0 Å². The molecule has 1 aliphatic carbocycles. The van der Waals surface area contributed by atoms with E-state index in [1.807, 2.05) is 0 Å². The number of nitrogens with one attached hydrogen (secondary N) is 1. The van der Waals surface area contributed by atoms with Gasteiger partial charge >= 0.3 is 6.61 Å². The van der Waals surface area contributed by atoms with Gasteiger partial charge in [-0.05, 0) is 37.4 Å². The van der Waals surface area contributed by atoms with Crippen LogP contribution in [-0.4, -0.2) is 24.2 Å². The molecule has 2 atom stereocenters. The van der Waals surface area contributed by atoms with Crippen molar-refractivity contribution >= 4 is 5.82 Å². The number of hydrogen-bond donors (Lipinski definition) is 2. The van der Waals surface area contributed by atoms with Gasteiger partial charge in [0.1, 0.15) is 11.6 Å². The maximum atomic E-state index is 12.0. The van der Waals surface area contributed by atoms with E-state index in [1.165, 1.54) is 25.1 Å². The monoisotopic (exact) mass is 271 g/mol. The van der Waals surface area contributed by atoms with Crippen LogP contribution < -0.4 is 15.8 Å². The maximum Gasteiger partial charge on any atom is 0.387 e. The number of anilines is 1. The van der Waals surface area contributed by atoms with Gasteiger partial charge in [-0.1, -0.05) is 12.8 Å². The highest BCUT2D eigenvalue weighted by Crippen LogP contribution is 2.26. The van der Waals surface area contributed by atoms with Gasteiger partial charge < -0.3 is 15.8 Å². The van der Waals surface area contributed by atoms with Gasteiger partial charge in [-0.3, -0.25) is 0 Å². The Morgan fingerprint density at radius 3 is 2.79 bits per heavy atom. The molecule has 1 fully saturated rings. The van der Waals surface area contributed by atoms with Gasteiger partial charge in [-0.25, -0.2) is 4.98 Å². The summed E-state index contributed by atoms with van der Waals surface area (Å²) < 4.78 is 28.3. The van der Waals surface area contributed by atoms with Gasteiger partial charge in [-0.2, -0.15) is 8.78 Å². The van der Waals surface area contributed by atoms with Gasteiger partial charge in [0, 0.05) is 6.04 Å². The molecule has 1 saturated carbocycles. The minimum atomic E-state index is -2.82. The Balaban J connectivity index is 1.94. The third kappa shape index (κ3) is 4.02. The standard InChI is InChI=1S/C13H19F2N3O/c14-13(15)19-10-5-6-12(17-8-10)18-11-4-2-1-3-9(11)7-16/h5-6,8-9,11,13H,1-4,7,16H2,(H,17,18). The predicted octanol–water partition coefficient (Wildman–Crippen LogP) is 2.61. The van der Waals surface area contributed by atoms with Crippen LogP contribution in [0.4, 0.5) is 14.6 Å². The predicted molar refractivity (Wildman–Crippen MR) is 69.3 cm³/mol. The summed E-state index contributed by atoms with van der Waals surface area (Å²) in [6.07, 6.45) is 5.89. The highest BCUT2D eigenvalue weighted by Gasteiger charge is 2.23. The number of hydrogen-bond acceptors (Lipinski definition) is 4. The first kappa shape index (κ1) is 14.0. The third-order valence-corrected chi connectivity index (χ3v) is 3.51. The molecule has 2 rings (SSSR count). The molecule has 0 aliphatic heterocycles. The lowest BCUT2D eigenvalue weighted by molar-refractivity contribution is -0.0500. The second kappa shape index (κ2) is 6.65. The number of ether oxygens (including phenoxy) is 1. The van der Waals surface area contributed by atoms with Crippen LogP contribution in [0.5, 0.6) is 5.75 Å². The molecule has 1 aliphatic rings. The molecule has 0 aromatic carbocycles. The molecule has 106 valence electrons. The van der Waals surface area contributed by atoms with Gasteiger partial charge in [0.2, 0.25) is 0 Å². The Kier molecular flexibility index (Phi) is 4.90. The lowest BCUT2D eigenvalue weighted by Gasteiger charge is -2.31. The van der Waals surface area contributed by atoms with Gasteiger partial charge in [-0.15, -0.1) is 0 Å². The number of alkyl halides is 2. The van der Waals surface area contributed by atoms with Crippen molar-refractivity contribution in [2.24, 2.45) is 11.7 Å². The highest BCUT2D eigenvalue weighted by molar-refractivity contribution is 5.38. The summed E-state index contributed by atoms with van der Waals surface area (Å²) in [5.74, 6) is 1.19. The fraction of sp³-hybridized carbons (Fsp3) is 0.615. The fourth-order valence-corrected chi connectivity index (χ4v) is 2.51. The normalized spacial score (nSPS) is 23.4.